The van der Waals surface area contributed by atoms with Crippen LogP contribution in [0.15, 0.2) is 101 Å². The molecule has 19 heteroatoms. The van der Waals surface area contributed by atoms with Crippen LogP contribution in [0.1, 0.15) is 62.8 Å². The average Bonchev–Trinajstić information content (AvgIpc) is 4.12. The standard InChI is InChI=1S/C46H45N11O5S3/c1-62-40-21-31-28(22-51-40)25-57(45(31)61)46-32(20-39(65-46)43(59)52-33-7-10-47-11-8-36(33)54-16-13-48-14-17-54)35-26-55(18-15-50-35)37-9-12-49-23-34(37)53-42(58)38-5-6-41(64-38)56-24-27-3-4-29(63-2)19-30(27)44(56)60/h3-9,11-12,19-23,35,48,50H,10,13-18,24-26H2,1-2H3,(H,52,59)(H,53,58). The summed E-state index contributed by atoms with van der Waals surface area (Å²) in [6.45, 7) is 6.11. The number of hydrogen-bond acceptors (Lipinski definition) is 15. The number of rotatable bonds is 11. The molecule has 1 aromatic carbocycles. The van der Waals surface area contributed by atoms with E-state index < -0.39 is 0 Å². The molecule has 0 bridgehead atoms. The molecule has 2 fully saturated rings. The molecule has 4 aromatic heterocycles. The average molecular weight is 928 g/mol. The fourth-order valence-electron chi connectivity index (χ4n) is 8.72. The minimum absolute atomic E-state index is 0.0749. The van der Waals surface area contributed by atoms with Crippen molar-refractivity contribution in [3.05, 3.63) is 128 Å². The number of methoxy groups -OCH3 is 1. The zero-order valence-electron chi connectivity index (χ0n) is 35.6. The van der Waals surface area contributed by atoms with Gasteiger partial charge in [0.05, 0.1) is 82.1 Å². The van der Waals surface area contributed by atoms with E-state index in [1.54, 1.807) is 58.5 Å². The van der Waals surface area contributed by atoms with Gasteiger partial charge in [-0.15, -0.1) is 34.4 Å². The summed E-state index contributed by atoms with van der Waals surface area (Å²) in [6.07, 6.45) is 12.7. The first-order chi connectivity index (χ1) is 31.8. The predicted octanol–water partition coefficient (Wildman–Crippen LogP) is 5.54. The first-order valence-electron chi connectivity index (χ1n) is 21.2. The van der Waals surface area contributed by atoms with Crippen molar-refractivity contribution in [2.45, 2.75) is 24.0 Å². The number of carbonyl (C=O) groups excluding carboxylic acids is 4. The highest BCUT2D eigenvalue weighted by Crippen LogP contribution is 2.42. The molecule has 0 aliphatic carbocycles. The summed E-state index contributed by atoms with van der Waals surface area (Å²) in [5.41, 5.74) is 6.65. The zero-order chi connectivity index (χ0) is 44.6. The van der Waals surface area contributed by atoms with E-state index in [2.05, 4.69) is 46.0 Å². The van der Waals surface area contributed by atoms with Gasteiger partial charge >= 0.3 is 0 Å². The Morgan fingerprint density at radius 3 is 2.51 bits per heavy atom. The van der Waals surface area contributed by atoms with Gasteiger partial charge in [0.25, 0.3) is 23.6 Å². The number of pyridine rings is 2. The fourth-order valence-corrected chi connectivity index (χ4v) is 11.2. The Morgan fingerprint density at radius 2 is 1.66 bits per heavy atom. The first kappa shape index (κ1) is 42.6. The molecule has 0 radical (unpaired) electrons. The third-order valence-corrected chi connectivity index (χ3v) is 15.0. The number of carbonyl (C=O) groups is 4. The number of ether oxygens (including phenoxy) is 1. The summed E-state index contributed by atoms with van der Waals surface area (Å²) in [5.74, 6) is -0.517. The quantitative estimate of drug-likeness (QED) is 0.122. The highest BCUT2D eigenvalue weighted by Gasteiger charge is 2.37. The van der Waals surface area contributed by atoms with Crippen LogP contribution in [0.4, 0.5) is 21.4 Å². The van der Waals surface area contributed by atoms with Crippen LogP contribution in [-0.2, 0) is 13.1 Å². The summed E-state index contributed by atoms with van der Waals surface area (Å²) >= 11 is 4.14. The van der Waals surface area contributed by atoms with Crippen LogP contribution in [0.3, 0.4) is 0 Å². The summed E-state index contributed by atoms with van der Waals surface area (Å²) in [4.78, 5) is 78.8. The van der Waals surface area contributed by atoms with E-state index >= 15 is 0 Å². The minimum atomic E-state index is -0.312. The van der Waals surface area contributed by atoms with Gasteiger partial charge in [0.2, 0.25) is 5.88 Å². The molecule has 4 amide bonds. The normalized spacial score (nSPS) is 18.3. The Kier molecular flexibility index (Phi) is 11.9. The summed E-state index contributed by atoms with van der Waals surface area (Å²) in [7, 11) is 1.52. The molecule has 5 aliphatic heterocycles. The van der Waals surface area contributed by atoms with Crippen molar-refractivity contribution in [1.29, 1.82) is 0 Å². The second kappa shape index (κ2) is 18.2. The molecular weight excluding hydrogens is 883 g/mol. The van der Waals surface area contributed by atoms with Crippen LogP contribution < -0.4 is 40.7 Å². The van der Waals surface area contributed by atoms with E-state index in [9.17, 15) is 19.2 Å². The lowest BCUT2D eigenvalue weighted by Gasteiger charge is -2.36. The number of allylic oxidation sites excluding steroid dienone is 1. The molecule has 10 rings (SSSR count). The fraction of sp³-hybridized carbons (Fsp3) is 0.283. The number of thioether (sulfide) groups is 1. The van der Waals surface area contributed by atoms with Crippen molar-refractivity contribution in [2.24, 2.45) is 4.99 Å². The van der Waals surface area contributed by atoms with Crippen molar-refractivity contribution in [3.8, 4) is 5.88 Å². The van der Waals surface area contributed by atoms with E-state index in [1.807, 2.05) is 54.8 Å². The zero-order valence-corrected chi connectivity index (χ0v) is 38.1. The number of nitrogens with zero attached hydrogens (tertiary/aromatic N) is 7. The molecule has 0 spiro atoms. The SMILES string of the molecule is COc1cc2c(cn1)CN(c1sc(C(=O)NC3=CCN=CC=C3N3CCNCC3)cc1C1CN(c3ccncc3NC(=O)c3ccc(N4Cc5ccc(SC)cc5C4=O)s3)CCN1)C2=O. The molecule has 65 heavy (non-hydrogen) atoms. The summed E-state index contributed by atoms with van der Waals surface area (Å²) in [5, 5.41) is 14.7. The highest BCUT2D eigenvalue weighted by atomic mass is 32.2. The molecule has 5 aliphatic rings. The highest BCUT2D eigenvalue weighted by molar-refractivity contribution is 7.98. The van der Waals surface area contributed by atoms with Gasteiger partial charge in [0, 0.05) is 92.1 Å². The number of hydrogen-bond donors (Lipinski definition) is 4. The lowest BCUT2D eigenvalue weighted by Crippen LogP contribution is -2.46. The smallest absolute Gasteiger partial charge is 0.265 e. The van der Waals surface area contributed by atoms with Crippen LogP contribution in [0.2, 0.25) is 0 Å². The van der Waals surface area contributed by atoms with Gasteiger partial charge in [0.1, 0.15) is 5.00 Å². The molecule has 332 valence electrons. The topological polar surface area (TPSA) is 177 Å². The van der Waals surface area contributed by atoms with Crippen molar-refractivity contribution >= 4 is 85.7 Å². The maximum absolute atomic E-state index is 14.4. The molecule has 1 atom stereocenters. The maximum atomic E-state index is 14.4. The lowest BCUT2D eigenvalue weighted by atomic mass is 10.0. The molecule has 0 saturated carbocycles. The van der Waals surface area contributed by atoms with Crippen molar-refractivity contribution < 1.29 is 23.9 Å². The monoisotopic (exact) mass is 927 g/mol. The van der Waals surface area contributed by atoms with E-state index in [0.29, 0.717) is 80.9 Å². The van der Waals surface area contributed by atoms with Crippen LogP contribution in [0, 0.1) is 0 Å². The maximum Gasteiger partial charge on any atom is 0.265 e. The number of anilines is 4. The molecule has 5 aromatic rings. The van der Waals surface area contributed by atoms with Crippen LogP contribution in [0.5, 0.6) is 5.88 Å². The van der Waals surface area contributed by atoms with Gasteiger partial charge in [-0.05, 0) is 60.4 Å². The number of amides is 4. The molecule has 16 nitrogen and oxygen atoms in total. The summed E-state index contributed by atoms with van der Waals surface area (Å²) < 4.78 is 5.35. The number of nitrogens with one attached hydrogen (secondary N) is 4. The summed E-state index contributed by atoms with van der Waals surface area (Å²) in [6, 6.07) is 14.6. The van der Waals surface area contributed by atoms with Crippen molar-refractivity contribution in [3.63, 3.8) is 0 Å². The van der Waals surface area contributed by atoms with Crippen LogP contribution in [-0.4, -0.2) is 110 Å². The molecule has 9 heterocycles. The van der Waals surface area contributed by atoms with Crippen molar-refractivity contribution in [2.75, 3.05) is 85.7 Å². The predicted molar refractivity (Wildman–Crippen MR) is 255 cm³/mol. The van der Waals surface area contributed by atoms with Gasteiger partial charge in [-0.2, -0.15) is 0 Å². The number of benzene rings is 1. The third-order valence-electron chi connectivity index (χ3n) is 12.0. The van der Waals surface area contributed by atoms with E-state index in [1.165, 1.54) is 29.8 Å². The Balaban J connectivity index is 0.904. The van der Waals surface area contributed by atoms with Gasteiger partial charge in [0.15, 0.2) is 0 Å². The largest absolute Gasteiger partial charge is 0.481 e. The number of thiophene rings is 2. The van der Waals surface area contributed by atoms with E-state index in [-0.39, 0.29) is 36.2 Å². The Hall–Kier alpha value is -6.38. The minimum Gasteiger partial charge on any atom is -0.481 e. The van der Waals surface area contributed by atoms with Gasteiger partial charge in [-0.1, -0.05) is 6.07 Å². The lowest BCUT2D eigenvalue weighted by molar-refractivity contribution is 0.0964. The van der Waals surface area contributed by atoms with Crippen molar-refractivity contribution in [1.82, 2.24) is 30.8 Å². The second-order valence-electron chi connectivity index (χ2n) is 15.9. The van der Waals surface area contributed by atoms with Gasteiger partial charge < -0.3 is 35.8 Å². The number of fused-ring (bicyclic) bond motifs is 2. The van der Waals surface area contributed by atoms with Gasteiger partial charge in [-0.25, -0.2) is 4.98 Å². The second-order valence-corrected chi connectivity index (χ2v) is 18.8. The molecular formula is C46H45N11O5S3. The number of piperazine rings is 2. The molecule has 2 saturated heterocycles. The third kappa shape index (κ3) is 8.41. The molecule has 1 unspecified atom stereocenters. The van der Waals surface area contributed by atoms with Gasteiger partial charge in [-0.3, -0.25) is 39.0 Å². The van der Waals surface area contributed by atoms with Crippen LogP contribution >= 0.6 is 34.4 Å². The number of aliphatic imine (C=N–C) groups is 1. The van der Waals surface area contributed by atoms with E-state index in [0.717, 1.165) is 59.1 Å². The van der Waals surface area contributed by atoms with Crippen LogP contribution in [0.25, 0.3) is 0 Å². The Morgan fingerprint density at radius 1 is 0.862 bits per heavy atom. The Bertz CT molecular complexity index is 2810. The Labute approximate surface area is 387 Å². The first-order valence-corrected chi connectivity index (χ1v) is 24.1. The molecule has 4 N–H and O–H groups in total. The number of aromatic nitrogens is 2. The van der Waals surface area contributed by atoms with E-state index in [4.69, 9.17) is 4.74 Å².